The van der Waals surface area contributed by atoms with Crippen molar-refractivity contribution in [2.45, 2.75) is 180 Å². The van der Waals surface area contributed by atoms with Crippen molar-refractivity contribution in [1.29, 1.82) is 0 Å². The molecule has 0 spiro atoms. The molecule has 80 heavy (non-hydrogen) atoms. The first-order valence-electron chi connectivity index (χ1n) is 28.0. The summed E-state index contributed by atoms with van der Waals surface area (Å²) < 4.78 is 5.96. The third-order valence-corrected chi connectivity index (χ3v) is 15.9. The molecule has 11 atom stereocenters. The molecule has 7 N–H and O–H groups in total. The number of hydrogen-bond donors (Lipinski definition) is 6. The van der Waals surface area contributed by atoms with Crippen LogP contribution in [-0.4, -0.2) is 196 Å². The molecule has 0 aliphatic carbocycles. The van der Waals surface area contributed by atoms with Crippen LogP contribution in [0.3, 0.4) is 0 Å². The van der Waals surface area contributed by atoms with E-state index in [0.29, 0.717) is 24.8 Å². The van der Waals surface area contributed by atoms with Crippen LogP contribution < -0.4 is 27.0 Å². The second-order valence-corrected chi connectivity index (χ2v) is 22.3. The van der Waals surface area contributed by atoms with Crippen LogP contribution in [0, 0.1) is 23.7 Å². The van der Waals surface area contributed by atoms with Crippen molar-refractivity contribution in [3.63, 3.8) is 0 Å². The fraction of sp³-hybridized carbons (Fsp3) is 0.679. The van der Waals surface area contributed by atoms with Gasteiger partial charge in [-0.15, -0.1) is 0 Å². The maximum atomic E-state index is 14.8. The smallest absolute Gasteiger partial charge is 0.329 e. The van der Waals surface area contributed by atoms with Crippen molar-refractivity contribution in [3.05, 3.63) is 35.9 Å². The molecule has 444 valence electrons. The summed E-state index contributed by atoms with van der Waals surface area (Å²) in [6.07, 6.45) is -1.55. The molecule has 3 aliphatic rings. The highest BCUT2D eigenvalue weighted by molar-refractivity contribution is 5.99. The second kappa shape index (κ2) is 29.9. The van der Waals surface area contributed by atoms with Gasteiger partial charge < -0.3 is 61.3 Å². The van der Waals surface area contributed by atoms with E-state index in [4.69, 9.17) is 10.5 Å². The number of cyclic esters (lactones) is 1. The Hall–Kier alpha value is -7.14. The maximum Gasteiger partial charge on any atom is 0.329 e. The number of likely N-dealkylation sites (N-methyl/N-ethyl adjacent to an activating group) is 3. The second-order valence-electron chi connectivity index (χ2n) is 22.3. The molecule has 4 rings (SSSR count). The molecule has 0 saturated carbocycles. The molecule has 1 aromatic rings. The average molecular weight is 1120 g/mol. The number of esters is 1. The van der Waals surface area contributed by atoms with Crippen molar-refractivity contribution in [2.75, 3.05) is 40.8 Å². The van der Waals surface area contributed by atoms with Crippen molar-refractivity contribution >= 4 is 71.0 Å². The highest BCUT2D eigenvalue weighted by Gasteiger charge is 2.45. The molecular weight excluding hydrogens is 1040 g/mol. The predicted octanol–water partition coefficient (Wildman–Crippen LogP) is 0.723. The van der Waals surface area contributed by atoms with Crippen molar-refractivity contribution in [1.82, 2.24) is 45.8 Å². The van der Waals surface area contributed by atoms with Gasteiger partial charge >= 0.3 is 11.9 Å². The van der Waals surface area contributed by atoms with E-state index in [9.17, 15) is 62.6 Å². The summed E-state index contributed by atoms with van der Waals surface area (Å²) in [5.74, 6) is -12.2. The number of nitrogens with one attached hydrogen (secondary N) is 4. The summed E-state index contributed by atoms with van der Waals surface area (Å²) in [7, 11) is 3.95. The summed E-state index contributed by atoms with van der Waals surface area (Å²) in [6.45, 7) is 13.1. The number of nitrogens with two attached hydrogens (primary N) is 1. The zero-order valence-electron chi connectivity index (χ0n) is 48.4. The molecule has 3 aliphatic heterocycles. The third kappa shape index (κ3) is 16.7. The van der Waals surface area contributed by atoms with Gasteiger partial charge in [0.25, 0.3) is 5.91 Å². The van der Waals surface area contributed by atoms with Gasteiger partial charge in [-0.2, -0.15) is 0 Å². The molecule has 24 nitrogen and oxygen atoms in total. The lowest BCUT2D eigenvalue weighted by molar-refractivity contribution is -0.167. The lowest BCUT2D eigenvalue weighted by Gasteiger charge is -2.37. The van der Waals surface area contributed by atoms with Gasteiger partial charge in [0, 0.05) is 59.4 Å². The van der Waals surface area contributed by atoms with E-state index >= 15 is 0 Å². The number of carboxylic acid groups (broad SMARTS) is 1. The zero-order chi connectivity index (χ0) is 59.9. The minimum atomic E-state index is -1.60. The van der Waals surface area contributed by atoms with Gasteiger partial charge in [0.2, 0.25) is 53.2 Å². The van der Waals surface area contributed by atoms with Gasteiger partial charge in [-0.25, -0.2) is 4.79 Å². The lowest BCUT2D eigenvalue weighted by Crippen LogP contribution is -2.61. The summed E-state index contributed by atoms with van der Waals surface area (Å²) in [5.41, 5.74) is 6.19. The Morgan fingerprint density at radius 3 is 1.74 bits per heavy atom. The molecule has 1 unspecified atom stereocenters. The quantitative estimate of drug-likeness (QED) is 0.140. The van der Waals surface area contributed by atoms with Crippen molar-refractivity contribution in [2.24, 2.45) is 29.4 Å². The Morgan fingerprint density at radius 1 is 0.637 bits per heavy atom. The van der Waals surface area contributed by atoms with Crippen molar-refractivity contribution < 1.29 is 67.4 Å². The van der Waals surface area contributed by atoms with Gasteiger partial charge in [-0.1, -0.05) is 92.1 Å². The van der Waals surface area contributed by atoms with Gasteiger partial charge in [-0.05, 0) is 68.3 Å². The van der Waals surface area contributed by atoms with E-state index in [1.807, 2.05) is 0 Å². The third-order valence-electron chi connectivity index (χ3n) is 15.9. The molecule has 3 fully saturated rings. The molecule has 24 heteroatoms. The molecule has 3 saturated heterocycles. The highest BCUT2D eigenvalue weighted by Crippen LogP contribution is 2.26. The molecular formula is C56H86N10O14. The number of carbonyl (C=O) groups is 12. The van der Waals surface area contributed by atoms with Crippen LogP contribution in [0.15, 0.2) is 30.3 Å². The average Bonchev–Trinajstić information content (AvgIpc) is 4.12. The number of carbonyl (C=O) groups excluding carboxylic acids is 11. The SMILES string of the molecule is CCC(C)[C@@H]1OC(=O)[C@H](CCC(=O)O)N(C)C(=O)[C@H](C(C)C)NC(=O)[C@@H]2CCCN2C(=O)[C@H]([C@@H](C)CC)NC(=O)[C@H](CCC(N)=O)N(C)C(=O)[C@H](C(C)C)N(C)C(=O)CNC(=O)[C@@H]2CCCN2C(=O)[C@H](Cc2ccccc2)NC1=O. The number of benzene rings is 1. The molecule has 1 aromatic carbocycles. The van der Waals surface area contributed by atoms with E-state index in [1.54, 1.807) is 85.7 Å². The Kier molecular flexibility index (Phi) is 24.4. The Balaban J connectivity index is 1.86. The molecule has 10 amide bonds. The van der Waals surface area contributed by atoms with Gasteiger partial charge in [0.1, 0.15) is 48.3 Å². The van der Waals surface area contributed by atoms with E-state index < -0.39 is 169 Å². The first kappa shape index (κ1) is 65.4. The Labute approximate surface area is 469 Å². The number of rotatable bonds is 14. The number of amides is 10. The van der Waals surface area contributed by atoms with Gasteiger partial charge in [-0.3, -0.25) is 52.7 Å². The summed E-state index contributed by atoms with van der Waals surface area (Å²) >= 11 is 0. The number of carboxylic acids is 1. The van der Waals surface area contributed by atoms with E-state index in [0.717, 1.165) is 14.7 Å². The number of aliphatic carboxylic acids is 1. The lowest BCUT2D eigenvalue weighted by atomic mass is 9.95. The standard InChI is InChI=1S/C56H86N10O14/c1-12-33(7)45-54(77)66-28-18-22-39(66)50(73)60-44(31(3)4)53(76)63(10)40(24-26-43(69)70)56(79)80-47(34(8)13-2)51(74)59-36(29-35-19-15-14-16-20-35)52(75)65-27-17-21-38(65)48(71)58-30-42(68)64(11)46(32(5)6)55(78)62(9)37(49(72)61-45)23-25-41(57)67/h14-16,19-20,31-34,36-40,44-47H,12-13,17-18,21-30H2,1-11H3,(H2,57,67)(H,58,71)(H,59,74)(H,60,73)(H,61,72)(H,69,70)/t33-,34?,36-,37-,38-,39-,40-,44-,45-,46-,47-/m0/s1. The van der Waals surface area contributed by atoms with Crippen LogP contribution in [0.2, 0.25) is 0 Å². The van der Waals surface area contributed by atoms with Crippen molar-refractivity contribution in [3.8, 4) is 0 Å². The van der Waals surface area contributed by atoms with E-state index in [-0.39, 0.29) is 51.6 Å². The van der Waals surface area contributed by atoms with Crippen LogP contribution in [0.4, 0.5) is 0 Å². The summed E-state index contributed by atoms with van der Waals surface area (Å²) in [5, 5.41) is 20.8. The molecule has 0 radical (unpaired) electrons. The summed E-state index contributed by atoms with van der Waals surface area (Å²) in [4.78, 5) is 175. The first-order chi connectivity index (χ1) is 37.7. The fourth-order valence-electron chi connectivity index (χ4n) is 10.5. The van der Waals surface area contributed by atoms with Crippen LogP contribution in [0.1, 0.15) is 125 Å². The monoisotopic (exact) mass is 1120 g/mol. The minimum Gasteiger partial charge on any atom is -0.481 e. The fourth-order valence-corrected chi connectivity index (χ4v) is 10.5. The normalized spacial score (nSPS) is 27.0. The Morgan fingerprint density at radius 2 is 1.19 bits per heavy atom. The van der Waals surface area contributed by atoms with Gasteiger partial charge in [0.05, 0.1) is 6.54 Å². The van der Waals surface area contributed by atoms with Crippen LogP contribution in [-0.2, 0) is 68.7 Å². The summed E-state index contributed by atoms with van der Waals surface area (Å²) in [6, 6.07) is -1.63. The van der Waals surface area contributed by atoms with Crippen LogP contribution in [0.5, 0.6) is 0 Å². The molecule has 0 bridgehead atoms. The minimum absolute atomic E-state index is 0.0587. The van der Waals surface area contributed by atoms with Crippen LogP contribution >= 0.6 is 0 Å². The number of primary amides is 1. The topological polar surface area (TPSA) is 325 Å². The van der Waals surface area contributed by atoms with Gasteiger partial charge in [0.15, 0.2) is 6.10 Å². The predicted molar refractivity (Wildman–Crippen MR) is 292 cm³/mol. The number of fused-ring (bicyclic) bond motifs is 2. The maximum absolute atomic E-state index is 14.8. The molecule has 0 aromatic heterocycles. The van der Waals surface area contributed by atoms with E-state index in [1.165, 1.54) is 30.9 Å². The van der Waals surface area contributed by atoms with E-state index in [2.05, 4.69) is 21.3 Å². The molecule has 3 heterocycles. The number of nitrogens with zero attached hydrogens (tertiary/aromatic N) is 5. The zero-order valence-corrected chi connectivity index (χ0v) is 48.4. The number of ether oxygens (including phenoxy) is 1. The Bertz CT molecular complexity index is 2420. The van der Waals surface area contributed by atoms with Crippen LogP contribution in [0.25, 0.3) is 0 Å². The largest absolute Gasteiger partial charge is 0.481 e. The number of hydrogen-bond acceptors (Lipinski definition) is 13. The highest BCUT2D eigenvalue weighted by atomic mass is 16.6. The first-order valence-corrected chi connectivity index (χ1v) is 28.0.